The Hall–Kier alpha value is -2.76. The van der Waals surface area contributed by atoms with Crippen LogP contribution in [0.15, 0.2) is 36.4 Å². The summed E-state index contributed by atoms with van der Waals surface area (Å²) in [6, 6.07) is 8.13. The van der Waals surface area contributed by atoms with Gasteiger partial charge in [0, 0.05) is 12.0 Å². The number of ether oxygens (including phenoxy) is 1. The Morgan fingerprint density at radius 2 is 1.92 bits per heavy atom. The van der Waals surface area contributed by atoms with Gasteiger partial charge >= 0.3 is 0 Å². The van der Waals surface area contributed by atoms with Crippen LogP contribution in [-0.4, -0.2) is 18.3 Å². The first-order valence-corrected chi connectivity index (χ1v) is 8.40. The van der Waals surface area contributed by atoms with E-state index in [9.17, 15) is 18.4 Å². The summed E-state index contributed by atoms with van der Waals surface area (Å²) in [4.78, 5) is 24.2. The minimum Gasteiger partial charge on any atom is -0.483 e. The molecule has 0 saturated carbocycles. The van der Waals surface area contributed by atoms with Gasteiger partial charge in [-0.15, -0.1) is 0 Å². The fraction of sp³-hybridized carbons (Fsp3) is 0.300. The lowest BCUT2D eigenvalue weighted by Gasteiger charge is -2.16. The highest BCUT2D eigenvalue weighted by Crippen LogP contribution is 2.39. The highest BCUT2D eigenvalue weighted by Gasteiger charge is 2.32. The Labute approximate surface area is 150 Å². The van der Waals surface area contributed by atoms with Crippen molar-refractivity contribution in [1.82, 2.24) is 5.32 Å². The van der Waals surface area contributed by atoms with Gasteiger partial charge in [-0.05, 0) is 42.7 Å². The minimum absolute atomic E-state index is 0.179. The monoisotopic (exact) mass is 359 g/mol. The van der Waals surface area contributed by atoms with Crippen LogP contribution in [0.4, 0.5) is 8.78 Å². The summed E-state index contributed by atoms with van der Waals surface area (Å²) in [6.07, 6.45) is 0.237. The van der Waals surface area contributed by atoms with E-state index in [1.165, 1.54) is 24.3 Å². The number of halogens is 2. The Bertz CT molecular complexity index is 849. The second kappa shape index (κ2) is 7.23. The van der Waals surface area contributed by atoms with Crippen molar-refractivity contribution in [2.24, 2.45) is 0 Å². The molecular formula is C20H19F2NO3. The molecule has 2 aromatic carbocycles. The summed E-state index contributed by atoms with van der Waals surface area (Å²) in [5.41, 5.74) is 1.34. The van der Waals surface area contributed by atoms with Gasteiger partial charge in [0.1, 0.15) is 17.4 Å². The van der Waals surface area contributed by atoms with E-state index in [-0.39, 0.29) is 47.9 Å². The number of hydrogen-bond acceptors (Lipinski definition) is 3. The molecule has 0 aromatic heterocycles. The summed E-state index contributed by atoms with van der Waals surface area (Å²) < 4.78 is 32.4. The summed E-state index contributed by atoms with van der Waals surface area (Å²) in [5, 5.41) is 2.74. The maximum absolute atomic E-state index is 14.0. The number of carbonyl (C=O) groups excluding carboxylic acids is 2. The number of benzene rings is 2. The lowest BCUT2D eigenvalue weighted by atomic mass is 10.0. The third-order valence-corrected chi connectivity index (χ3v) is 4.52. The summed E-state index contributed by atoms with van der Waals surface area (Å²) in [5.74, 6) is -1.33. The van der Waals surface area contributed by atoms with Crippen LogP contribution < -0.4 is 10.1 Å². The van der Waals surface area contributed by atoms with Gasteiger partial charge in [0.25, 0.3) is 5.91 Å². The van der Waals surface area contributed by atoms with E-state index in [0.29, 0.717) is 5.56 Å². The second-order valence-electron chi connectivity index (χ2n) is 6.49. The van der Waals surface area contributed by atoms with E-state index in [4.69, 9.17) is 4.74 Å². The van der Waals surface area contributed by atoms with E-state index in [1.807, 2.05) is 0 Å². The van der Waals surface area contributed by atoms with Crippen LogP contribution in [0.1, 0.15) is 53.7 Å². The van der Waals surface area contributed by atoms with Crippen LogP contribution in [0.2, 0.25) is 0 Å². The summed E-state index contributed by atoms with van der Waals surface area (Å²) in [7, 11) is 0. The molecule has 1 N–H and O–H groups in total. The molecule has 4 nitrogen and oxygen atoms in total. The van der Waals surface area contributed by atoms with Gasteiger partial charge in [-0.1, -0.05) is 19.1 Å². The van der Waals surface area contributed by atoms with Gasteiger partial charge in [0.15, 0.2) is 12.4 Å². The second-order valence-corrected chi connectivity index (χ2v) is 6.49. The van der Waals surface area contributed by atoms with Gasteiger partial charge in [-0.3, -0.25) is 9.59 Å². The molecule has 1 aliphatic rings. The molecule has 0 aliphatic heterocycles. The highest BCUT2D eigenvalue weighted by molar-refractivity contribution is 6.03. The molecule has 0 bridgehead atoms. The van der Waals surface area contributed by atoms with Gasteiger partial charge in [0.05, 0.1) is 11.6 Å². The van der Waals surface area contributed by atoms with Gasteiger partial charge in [-0.25, -0.2) is 8.78 Å². The van der Waals surface area contributed by atoms with E-state index in [0.717, 1.165) is 5.56 Å². The first-order chi connectivity index (χ1) is 12.4. The fourth-order valence-electron chi connectivity index (χ4n) is 3.21. The zero-order valence-electron chi connectivity index (χ0n) is 14.5. The molecule has 1 amide bonds. The van der Waals surface area contributed by atoms with Crippen molar-refractivity contribution in [3.8, 4) is 5.75 Å². The van der Waals surface area contributed by atoms with Crippen molar-refractivity contribution in [3.63, 3.8) is 0 Å². The number of Topliss-reactive ketones (excluding diaryl/α,β-unsaturated/α-hetero) is 1. The molecule has 26 heavy (non-hydrogen) atoms. The number of ketones is 1. The Morgan fingerprint density at radius 1 is 1.23 bits per heavy atom. The van der Waals surface area contributed by atoms with Crippen molar-refractivity contribution >= 4 is 11.7 Å². The average Bonchev–Trinajstić information content (AvgIpc) is 2.90. The van der Waals surface area contributed by atoms with Crippen LogP contribution in [0.3, 0.4) is 0 Å². The number of nitrogens with one attached hydrogen (secondary N) is 1. The van der Waals surface area contributed by atoms with Gasteiger partial charge < -0.3 is 10.1 Å². The zero-order valence-corrected chi connectivity index (χ0v) is 14.5. The fourth-order valence-corrected chi connectivity index (χ4v) is 3.21. The van der Waals surface area contributed by atoms with Crippen molar-refractivity contribution in [2.75, 3.05) is 6.61 Å². The summed E-state index contributed by atoms with van der Waals surface area (Å²) >= 11 is 0. The minimum atomic E-state index is -0.430. The topological polar surface area (TPSA) is 55.4 Å². The molecule has 0 radical (unpaired) electrons. The van der Waals surface area contributed by atoms with Crippen LogP contribution >= 0.6 is 0 Å². The third kappa shape index (κ3) is 3.59. The molecule has 0 heterocycles. The number of rotatable bonds is 5. The number of hydrogen-bond donors (Lipinski definition) is 1. The molecule has 0 unspecified atom stereocenters. The molecule has 6 heteroatoms. The smallest absolute Gasteiger partial charge is 0.258 e. The summed E-state index contributed by atoms with van der Waals surface area (Å²) in [6.45, 7) is 3.25. The molecule has 2 aromatic rings. The predicted octanol–water partition coefficient (Wildman–Crippen LogP) is 3.91. The standard InChI is InChI=1S/C20H19F2NO3/c1-11-9-16(24)20-17(8-7-15(22)19(11)20)26-10-18(25)23-12(2)13-3-5-14(21)6-4-13/h3-8,11-12H,9-10H2,1-2H3,(H,23,25)/t11-,12-/m1/s1. The molecule has 0 spiro atoms. The third-order valence-electron chi connectivity index (χ3n) is 4.52. The van der Waals surface area contributed by atoms with Crippen molar-refractivity contribution in [2.45, 2.75) is 32.2 Å². The van der Waals surface area contributed by atoms with E-state index >= 15 is 0 Å². The van der Waals surface area contributed by atoms with Crippen LogP contribution in [0.25, 0.3) is 0 Å². The molecule has 0 fully saturated rings. The predicted molar refractivity (Wildman–Crippen MR) is 92.2 cm³/mol. The van der Waals surface area contributed by atoms with E-state index < -0.39 is 11.7 Å². The quantitative estimate of drug-likeness (QED) is 0.881. The zero-order chi connectivity index (χ0) is 18.8. The Kier molecular flexibility index (Phi) is 5.02. The molecule has 2 atom stereocenters. The SMILES string of the molecule is C[C@@H]1CC(=O)c2c(OCC(=O)N[C@H](C)c3ccc(F)cc3)ccc(F)c21. The van der Waals surface area contributed by atoms with Gasteiger partial charge in [-0.2, -0.15) is 0 Å². The van der Waals surface area contributed by atoms with Crippen molar-refractivity contribution in [3.05, 3.63) is 64.7 Å². The molecular weight excluding hydrogens is 340 g/mol. The Balaban J connectivity index is 1.65. The largest absolute Gasteiger partial charge is 0.483 e. The van der Waals surface area contributed by atoms with E-state index in [2.05, 4.69) is 5.32 Å². The average molecular weight is 359 g/mol. The van der Waals surface area contributed by atoms with Crippen molar-refractivity contribution < 1.29 is 23.1 Å². The van der Waals surface area contributed by atoms with Crippen LogP contribution in [0, 0.1) is 11.6 Å². The normalized spacial score (nSPS) is 16.9. The Morgan fingerprint density at radius 3 is 2.62 bits per heavy atom. The lowest BCUT2D eigenvalue weighted by Crippen LogP contribution is -2.31. The maximum Gasteiger partial charge on any atom is 0.258 e. The number of carbonyl (C=O) groups is 2. The molecule has 3 rings (SSSR count). The number of amides is 1. The maximum atomic E-state index is 14.0. The van der Waals surface area contributed by atoms with Crippen LogP contribution in [0.5, 0.6) is 5.75 Å². The first kappa shape index (κ1) is 18.0. The number of fused-ring (bicyclic) bond motifs is 1. The molecule has 1 aliphatic carbocycles. The lowest BCUT2D eigenvalue weighted by molar-refractivity contribution is -0.123. The van der Waals surface area contributed by atoms with E-state index in [1.54, 1.807) is 26.0 Å². The molecule has 0 saturated heterocycles. The van der Waals surface area contributed by atoms with Crippen molar-refractivity contribution in [1.29, 1.82) is 0 Å². The van der Waals surface area contributed by atoms with Crippen LogP contribution in [-0.2, 0) is 4.79 Å². The highest BCUT2D eigenvalue weighted by atomic mass is 19.1. The molecule has 136 valence electrons. The first-order valence-electron chi connectivity index (χ1n) is 8.40. The van der Waals surface area contributed by atoms with Gasteiger partial charge in [0.2, 0.25) is 0 Å².